The van der Waals surface area contributed by atoms with Gasteiger partial charge in [-0.2, -0.15) is 8.75 Å². The minimum Gasteiger partial charge on any atom is -0.459 e. The fourth-order valence-corrected chi connectivity index (χ4v) is 2.71. The largest absolute Gasteiger partial charge is 0.459 e. The van der Waals surface area contributed by atoms with Crippen LogP contribution in [0.15, 0.2) is 34.9 Å². The highest BCUT2D eigenvalue weighted by molar-refractivity contribution is 6.99. The smallest absolute Gasteiger partial charge is 0.134 e. The molecule has 0 aliphatic carbocycles. The zero-order valence-corrected chi connectivity index (χ0v) is 12.4. The lowest BCUT2D eigenvalue weighted by Gasteiger charge is -2.12. The van der Waals surface area contributed by atoms with Crippen molar-refractivity contribution in [3.63, 3.8) is 0 Å². The third kappa shape index (κ3) is 2.59. The van der Waals surface area contributed by atoms with Crippen molar-refractivity contribution in [3.05, 3.63) is 47.5 Å². The molecule has 2 heterocycles. The van der Waals surface area contributed by atoms with Crippen LogP contribution in [0.3, 0.4) is 0 Å². The number of hydrogen-bond donors (Lipinski definition) is 1. The van der Waals surface area contributed by atoms with Crippen LogP contribution in [0.4, 0.5) is 0 Å². The van der Waals surface area contributed by atoms with Crippen LogP contribution >= 0.6 is 11.7 Å². The van der Waals surface area contributed by atoms with Crippen molar-refractivity contribution in [2.24, 2.45) is 0 Å². The van der Waals surface area contributed by atoms with Gasteiger partial charge in [0.15, 0.2) is 0 Å². The van der Waals surface area contributed by atoms with Gasteiger partial charge in [0.2, 0.25) is 0 Å². The standard InChI is InChI=1S/C15H17N3OS/c1-3-6-16-15(12-9-17-20-18-12)14-8-11-7-10(2)4-5-13(11)19-14/h4-5,7-9,15-16H,3,6H2,1-2H3. The van der Waals surface area contributed by atoms with Crippen molar-refractivity contribution < 1.29 is 4.42 Å². The third-order valence-electron chi connectivity index (χ3n) is 3.25. The molecule has 4 nitrogen and oxygen atoms in total. The summed E-state index contributed by atoms with van der Waals surface area (Å²) in [6.07, 6.45) is 2.86. The maximum Gasteiger partial charge on any atom is 0.134 e. The lowest BCUT2D eigenvalue weighted by molar-refractivity contribution is 0.465. The Morgan fingerprint density at radius 3 is 3.00 bits per heavy atom. The van der Waals surface area contributed by atoms with Gasteiger partial charge < -0.3 is 9.73 Å². The third-order valence-corrected chi connectivity index (χ3v) is 3.74. The Hall–Kier alpha value is -1.72. The molecule has 5 heteroatoms. The van der Waals surface area contributed by atoms with E-state index < -0.39 is 0 Å². The summed E-state index contributed by atoms with van der Waals surface area (Å²) in [7, 11) is 0. The molecule has 0 radical (unpaired) electrons. The molecule has 0 saturated heterocycles. The van der Waals surface area contributed by atoms with Crippen LogP contribution in [-0.4, -0.2) is 15.3 Å². The van der Waals surface area contributed by atoms with Crippen molar-refractivity contribution in [1.82, 2.24) is 14.1 Å². The van der Waals surface area contributed by atoms with Crippen LogP contribution in [0, 0.1) is 6.92 Å². The van der Waals surface area contributed by atoms with Crippen molar-refractivity contribution >= 4 is 22.7 Å². The number of benzene rings is 1. The summed E-state index contributed by atoms with van der Waals surface area (Å²) >= 11 is 1.22. The second-order valence-corrected chi connectivity index (χ2v) is 5.47. The quantitative estimate of drug-likeness (QED) is 0.777. The normalized spacial score (nSPS) is 12.9. The van der Waals surface area contributed by atoms with Gasteiger partial charge >= 0.3 is 0 Å². The topological polar surface area (TPSA) is 51.0 Å². The first-order valence-electron chi connectivity index (χ1n) is 6.79. The summed E-state index contributed by atoms with van der Waals surface area (Å²) in [4.78, 5) is 0. The SMILES string of the molecule is CCCNC(c1cnsn1)c1cc2cc(C)ccc2o1. The zero-order valence-electron chi connectivity index (χ0n) is 11.6. The Balaban J connectivity index is 1.99. The summed E-state index contributed by atoms with van der Waals surface area (Å²) in [5, 5.41) is 4.61. The Bertz CT molecular complexity index is 690. The van der Waals surface area contributed by atoms with Crippen LogP contribution in [0.2, 0.25) is 0 Å². The van der Waals surface area contributed by atoms with E-state index in [1.165, 1.54) is 17.3 Å². The highest BCUT2D eigenvalue weighted by atomic mass is 32.1. The molecule has 3 aromatic rings. The molecule has 0 spiro atoms. The number of nitrogens with zero attached hydrogens (tertiary/aromatic N) is 2. The van der Waals surface area contributed by atoms with Crippen LogP contribution < -0.4 is 5.32 Å². The van der Waals surface area contributed by atoms with E-state index in [1.54, 1.807) is 6.20 Å². The van der Waals surface area contributed by atoms with Gasteiger partial charge in [-0.3, -0.25) is 0 Å². The number of hydrogen-bond acceptors (Lipinski definition) is 5. The molecule has 20 heavy (non-hydrogen) atoms. The molecule has 0 saturated carbocycles. The average Bonchev–Trinajstić information content (AvgIpc) is 3.08. The van der Waals surface area contributed by atoms with Gasteiger partial charge in [-0.15, -0.1) is 0 Å². The van der Waals surface area contributed by atoms with Crippen molar-refractivity contribution in [2.75, 3.05) is 6.54 Å². The predicted molar refractivity (Wildman–Crippen MR) is 81.0 cm³/mol. The maximum atomic E-state index is 5.98. The Labute approximate surface area is 122 Å². The molecule has 2 aromatic heterocycles. The van der Waals surface area contributed by atoms with Crippen molar-refractivity contribution in [3.8, 4) is 0 Å². The van der Waals surface area contributed by atoms with Gasteiger partial charge in [-0.1, -0.05) is 18.6 Å². The number of rotatable bonds is 5. The molecule has 1 aromatic carbocycles. The first-order chi connectivity index (χ1) is 9.78. The fourth-order valence-electron chi connectivity index (χ4n) is 2.26. The summed E-state index contributed by atoms with van der Waals surface area (Å²) in [5.41, 5.74) is 3.06. The van der Waals surface area contributed by atoms with E-state index in [1.807, 2.05) is 6.07 Å². The molecule has 0 bridgehead atoms. The highest BCUT2D eigenvalue weighted by Crippen LogP contribution is 2.28. The van der Waals surface area contributed by atoms with Gasteiger partial charge in [-0.05, 0) is 38.1 Å². The van der Waals surface area contributed by atoms with Gasteiger partial charge in [-0.25, -0.2) is 0 Å². The molecule has 0 aliphatic heterocycles. The molecule has 1 atom stereocenters. The van der Waals surface area contributed by atoms with Crippen LogP contribution in [0.5, 0.6) is 0 Å². The zero-order chi connectivity index (χ0) is 13.9. The molecular formula is C15H17N3OS. The molecule has 0 fully saturated rings. The van der Waals surface area contributed by atoms with Crippen LogP contribution in [0.1, 0.15) is 36.4 Å². The minimum absolute atomic E-state index is 0.0265. The van der Waals surface area contributed by atoms with E-state index in [-0.39, 0.29) is 6.04 Å². The van der Waals surface area contributed by atoms with E-state index in [9.17, 15) is 0 Å². The Morgan fingerprint density at radius 1 is 1.35 bits per heavy atom. The predicted octanol–water partition coefficient (Wildman–Crippen LogP) is 3.68. The number of aryl methyl sites for hydroxylation is 1. The Morgan fingerprint density at radius 2 is 2.25 bits per heavy atom. The van der Waals surface area contributed by atoms with Crippen molar-refractivity contribution in [2.45, 2.75) is 26.3 Å². The highest BCUT2D eigenvalue weighted by Gasteiger charge is 2.20. The van der Waals surface area contributed by atoms with Gasteiger partial charge in [0.25, 0.3) is 0 Å². The van der Waals surface area contributed by atoms with E-state index in [2.05, 4.69) is 46.1 Å². The summed E-state index contributed by atoms with van der Waals surface area (Å²) in [6, 6.07) is 8.29. The summed E-state index contributed by atoms with van der Waals surface area (Å²) in [6.45, 7) is 5.15. The first-order valence-corrected chi connectivity index (χ1v) is 7.52. The lowest BCUT2D eigenvalue weighted by atomic mass is 10.1. The molecule has 3 rings (SSSR count). The number of aromatic nitrogens is 2. The second kappa shape index (κ2) is 5.73. The number of furan rings is 1. The van der Waals surface area contributed by atoms with E-state index in [0.717, 1.165) is 35.4 Å². The summed E-state index contributed by atoms with van der Waals surface area (Å²) in [5.74, 6) is 0.895. The van der Waals surface area contributed by atoms with Gasteiger partial charge in [0.05, 0.1) is 23.6 Å². The monoisotopic (exact) mass is 287 g/mol. The van der Waals surface area contributed by atoms with Crippen molar-refractivity contribution in [1.29, 1.82) is 0 Å². The fraction of sp³-hybridized carbons (Fsp3) is 0.333. The molecule has 0 amide bonds. The molecular weight excluding hydrogens is 270 g/mol. The van der Waals surface area contributed by atoms with Crippen LogP contribution in [-0.2, 0) is 0 Å². The lowest BCUT2D eigenvalue weighted by Crippen LogP contribution is -2.23. The van der Waals surface area contributed by atoms with E-state index >= 15 is 0 Å². The first kappa shape index (κ1) is 13.3. The van der Waals surface area contributed by atoms with Gasteiger partial charge in [0, 0.05) is 5.39 Å². The molecule has 0 aliphatic rings. The number of fused-ring (bicyclic) bond motifs is 1. The Kier molecular flexibility index (Phi) is 3.80. The van der Waals surface area contributed by atoms with Crippen LogP contribution in [0.25, 0.3) is 11.0 Å². The molecule has 104 valence electrons. The van der Waals surface area contributed by atoms with E-state index in [4.69, 9.17) is 4.42 Å². The number of nitrogens with one attached hydrogen (secondary N) is 1. The van der Waals surface area contributed by atoms with E-state index in [0.29, 0.717) is 0 Å². The average molecular weight is 287 g/mol. The second-order valence-electron chi connectivity index (χ2n) is 4.91. The van der Waals surface area contributed by atoms with Gasteiger partial charge in [0.1, 0.15) is 17.4 Å². The minimum atomic E-state index is -0.0265. The summed E-state index contributed by atoms with van der Waals surface area (Å²) < 4.78 is 14.4. The maximum absolute atomic E-state index is 5.98. The molecule has 1 unspecified atom stereocenters. The molecule has 1 N–H and O–H groups in total.